The molecule has 1 heterocycles. The summed E-state index contributed by atoms with van der Waals surface area (Å²) in [5, 5.41) is 7.08. The van der Waals surface area contributed by atoms with E-state index in [0.29, 0.717) is 27.0 Å². The topological polar surface area (TPSA) is 80.9 Å². The van der Waals surface area contributed by atoms with Crippen LogP contribution in [0.3, 0.4) is 0 Å². The zero-order valence-electron chi connectivity index (χ0n) is 10.3. The maximum absolute atomic E-state index is 12.2. The van der Waals surface area contributed by atoms with E-state index in [0.717, 1.165) is 24.4 Å². The van der Waals surface area contributed by atoms with Gasteiger partial charge >= 0.3 is 0 Å². The molecule has 3 N–H and O–H groups in total. The van der Waals surface area contributed by atoms with Gasteiger partial charge in [-0.05, 0) is 30.1 Å². The standard InChI is InChI=1S/C12H13ClN4OS/c1-2-4-9-11(19-17-16-9)12(18)15-10-7(13)5-3-6-8(10)14/h3,5-6H,2,4,14H2,1H3,(H,15,18). The first-order valence-electron chi connectivity index (χ1n) is 5.80. The van der Waals surface area contributed by atoms with Gasteiger partial charge < -0.3 is 11.1 Å². The van der Waals surface area contributed by atoms with Gasteiger partial charge in [-0.15, -0.1) is 5.10 Å². The van der Waals surface area contributed by atoms with Gasteiger partial charge in [-0.2, -0.15) is 0 Å². The van der Waals surface area contributed by atoms with Gasteiger partial charge in [0, 0.05) is 0 Å². The van der Waals surface area contributed by atoms with Crippen molar-refractivity contribution in [1.29, 1.82) is 0 Å². The molecule has 7 heteroatoms. The third-order valence-corrected chi connectivity index (χ3v) is 3.62. The number of aryl methyl sites for hydroxylation is 1. The molecule has 0 atom stereocenters. The van der Waals surface area contributed by atoms with Crippen LogP contribution in [-0.2, 0) is 6.42 Å². The van der Waals surface area contributed by atoms with Gasteiger partial charge in [0.05, 0.1) is 22.1 Å². The smallest absolute Gasteiger partial charge is 0.269 e. The number of amides is 1. The SMILES string of the molecule is CCCc1nnsc1C(=O)Nc1c(N)cccc1Cl. The van der Waals surface area contributed by atoms with Crippen molar-refractivity contribution < 1.29 is 4.79 Å². The summed E-state index contributed by atoms with van der Waals surface area (Å²) in [6.45, 7) is 2.02. The van der Waals surface area contributed by atoms with Crippen LogP contribution >= 0.6 is 23.1 Å². The van der Waals surface area contributed by atoms with E-state index in [1.54, 1.807) is 18.2 Å². The largest absolute Gasteiger partial charge is 0.397 e. The quantitative estimate of drug-likeness (QED) is 0.850. The average Bonchev–Trinajstić information content (AvgIpc) is 2.83. The molecule has 0 aliphatic rings. The molecule has 2 rings (SSSR count). The highest BCUT2D eigenvalue weighted by Crippen LogP contribution is 2.28. The normalized spacial score (nSPS) is 10.4. The zero-order chi connectivity index (χ0) is 13.8. The van der Waals surface area contributed by atoms with Gasteiger partial charge in [-0.1, -0.05) is 35.5 Å². The molecule has 2 aromatic rings. The number of halogens is 1. The van der Waals surface area contributed by atoms with Crippen LogP contribution in [0.15, 0.2) is 18.2 Å². The fraction of sp³-hybridized carbons (Fsp3) is 0.250. The Kier molecular flexibility index (Phi) is 4.34. The second-order valence-corrected chi connectivity index (χ2v) is 5.12. The predicted octanol–water partition coefficient (Wildman–Crippen LogP) is 2.98. The Labute approximate surface area is 119 Å². The molecule has 0 radical (unpaired) electrons. The summed E-state index contributed by atoms with van der Waals surface area (Å²) in [6.07, 6.45) is 1.62. The van der Waals surface area contributed by atoms with Crippen LogP contribution in [0.1, 0.15) is 28.7 Å². The molecule has 0 aliphatic carbocycles. The molecule has 1 aromatic carbocycles. The summed E-state index contributed by atoms with van der Waals surface area (Å²) in [5.74, 6) is -0.279. The van der Waals surface area contributed by atoms with E-state index >= 15 is 0 Å². The molecule has 5 nitrogen and oxygen atoms in total. The van der Waals surface area contributed by atoms with Crippen molar-refractivity contribution in [1.82, 2.24) is 9.59 Å². The first-order valence-corrected chi connectivity index (χ1v) is 6.95. The number of benzene rings is 1. The lowest BCUT2D eigenvalue weighted by Gasteiger charge is -2.09. The lowest BCUT2D eigenvalue weighted by molar-refractivity contribution is 0.102. The lowest BCUT2D eigenvalue weighted by atomic mass is 10.2. The molecule has 0 fully saturated rings. The summed E-state index contributed by atoms with van der Waals surface area (Å²) in [6, 6.07) is 5.08. The third kappa shape index (κ3) is 3.02. The maximum Gasteiger partial charge on any atom is 0.269 e. The molecule has 1 aromatic heterocycles. The van der Waals surface area contributed by atoms with Crippen LogP contribution in [0.5, 0.6) is 0 Å². The third-order valence-electron chi connectivity index (χ3n) is 2.53. The van der Waals surface area contributed by atoms with E-state index < -0.39 is 0 Å². The minimum atomic E-state index is -0.279. The maximum atomic E-state index is 12.2. The van der Waals surface area contributed by atoms with Gasteiger partial charge in [0.15, 0.2) is 0 Å². The molecular formula is C12H13ClN4OS. The van der Waals surface area contributed by atoms with Crippen molar-refractivity contribution in [3.05, 3.63) is 33.8 Å². The monoisotopic (exact) mass is 296 g/mol. The second kappa shape index (κ2) is 5.99. The Morgan fingerprint density at radius 1 is 1.53 bits per heavy atom. The van der Waals surface area contributed by atoms with Crippen LogP contribution in [0, 0.1) is 0 Å². The number of nitrogens with one attached hydrogen (secondary N) is 1. The summed E-state index contributed by atoms with van der Waals surface area (Å²) < 4.78 is 3.81. The van der Waals surface area contributed by atoms with Gasteiger partial charge in [0.25, 0.3) is 5.91 Å². The van der Waals surface area contributed by atoms with E-state index in [2.05, 4.69) is 14.9 Å². The molecule has 19 heavy (non-hydrogen) atoms. The number of nitrogens with zero attached hydrogens (tertiary/aromatic N) is 2. The second-order valence-electron chi connectivity index (χ2n) is 3.96. The number of para-hydroxylation sites is 1. The van der Waals surface area contributed by atoms with Gasteiger partial charge in [-0.25, -0.2) is 0 Å². The summed E-state index contributed by atoms with van der Waals surface area (Å²) in [5.41, 5.74) is 7.34. The zero-order valence-corrected chi connectivity index (χ0v) is 11.9. The van der Waals surface area contributed by atoms with Crippen LogP contribution in [-0.4, -0.2) is 15.5 Å². The predicted molar refractivity (Wildman–Crippen MR) is 77.7 cm³/mol. The molecule has 0 unspecified atom stereocenters. The van der Waals surface area contributed by atoms with Crippen molar-refractivity contribution >= 4 is 40.4 Å². The number of carbonyl (C=O) groups excluding carboxylic acids is 1. The van der Waals surface area contributed by atoms with Crippen molar-refractivity contribution in [3.8, 4) is 0 Å². The minimum Gasteiger partial charge on any atom is -0.397 e. The summed E-state index contributed by atoms with van der Waals surface area (Å²) in [7, 11) is 0. The highest BCUT2D eigenvalue weighted by atomic mass is 35.5. The number of nitrogen functional groups attached to an aromatic ring is 1. The van der Waals surface area contributed by atoms with Crippen molar-refractivity contribution in [2.75, 3.05) is 11.1 Å². The van der Waals surface area contributed by atoms with E-state index in [9.17, 15) is 4.79 Å². The first kappa shape index (κ1) is 13.8. The molecular weight excluding hydrogens is 284 g/mol. The van der Waals surface area contributed by atoms with E-state index in [-0.39, 0.29) is 5.91 Å². The number of carbonyl (C=O) groups is 1. The molecule has 0 spiro atoms. The highest BCUT2D eigenvalue weighted by Gasteiger charge is 2.17. The Bertz CT molecular complexity index is 579. The Balaban J connectivity index is 2.24. The van der Waals surface area contributed by atoms with Gasteiger partial charge in [0.2, 0.25) is 0 Å². The molecule has 0 bridgehead atoms. The number of anilines is 2. The number of aromatic nitrogens is 2. The fourth-order valence-corrected chi connectivity index (χ4v) is 2.46. The van der Waals surface area contributed by atoms with Gasteiger partial charge in [-0.3, -0.25) is 4.79 Å². The molecule has 1 amide bonds. The Morgan fingerprint density at radius 3 is 3.00 bits per heavy atom. The number of rotatable bonds is 4. The Hall–Kier alpha value is -1.66. The number of nitrogens with two attached hydrogens (primary N) is 1. The average molecular weight is 297 g/mol. The first-order chi connectivity index (χ1) is 9.13. The minimum absolute atomic E-state index is 0.279. The molecule has 0 saturated carbocycles. The molecule has 0 aliphatic heterocycles. The van der Waals surface area contributed by atoms with E-state index in [1.807, 2.05) is 6.92 Å². The van der Waals surface area contributed by atoms with Crippen molar-refractivity contribution in [2.24, 2.45) is 0 Å². The van der Waals surface area contributed by atoms with Crippen molar-refractivity contribution in [3.63, 3.8) is 0 Å². The van der Waals surface area contributed by atoms with Crippen LogP contribution in [0.2, 0.25) is 5.02 Å². The van der Waals surface area contributed by atoms with Crippen molar-refractivity contribution in [2.45, 2.75) is 19.8 Å². The van der Waals surface area contributed by atoms with E-state index in [4.69, 9.17) is 17.3 Å². The molecule has 0 saturated heterocycles. The summed E-state index contributed by atoms with van der Waals surface area (Å²) in [4.78, 5) is 12.7. The van der Waals surface area contributed by atoms with Crippen LogP contribution in [0.4, 0.5) is 11.4 Å². The number of hydrogen-bond donors (Lipinski definition) is 2. The summed E-state index contributed by atoms with van der Waals surface area (Å²) >= 11 is 7.08. The number of hydrogen-bond acceptors (Lipinski definition) is 5. The van der Waals surface area contributed by atoms with Gasteiger partial charge in [0.1, 0.15) is 4.88 Å². The highest BCUT2D eigenvalue weighted by molar-refractivity contribution is 7.08. The lowest BCUT2D eigenvalue weighted by Crippen LogP contribution is -2.14. The Morgan fingerprint density at radius 2 is 2.32 bits per heavy atom. The van der Waals surface area contributed by atoms with Crippen LogP contribution in [0.25, 0.3) is 0 Å². The fourth-order valence-electron chi connectivity index (χ4n) is 1.62. The molecule has 100 valence electrons. The van der Waals surface area contributed by atoms with E-state index in [1.165, 1.54) is 0 Å². The van der Waals surface area contributed by atoms with Crippen LogP contribution < -0.4 is 11.1 Å².